The van der Waals surface area contributed by atoms with Gasteiger partial charge in [0.25, 0.3) is 0 Å². The third-order valence-corrected chi connectivity index (χ3v) is 3.92. The average molecular weight is 367 g/mol. The van der Waals surface area contributed by atoms with Gasteiger partial charge in [-0.1, -0.05) is 38.0 Å². The van der Waals surface area contributed by atoms with Gasteiger partial charge in [-0.3, -0.25) is 4.79 Å². The highest BCUT2D eigenvalue weighted by Gasteiger charge is 2.07. The van der Waals surface area contributed by atoms with Crippen molar-refractivity contribution < 1.29 is 19.1 Å². The Bertz CT molecular complexity index is 781. The Morgan fingerprint density at radius 2 is 1.78 bits per heavy atom. The molecule has 0 aliphatic carbocycles. The second-order valence-corrected chi connectivity index (χ2v) is 5.98. The fraction of sp³-hybridized carbons (Fsp3) is 0.273. The number of amides is 1. The van der Waals surface area contributed by atoms with Crippen molar-refractivity contribution in [3.63, 3.8) is 0 Å². The molecule has 27 heavy (non-hydrogen) atoms. The molecule has 0 spiro atoms. The number of methoxy groups -OCH3 is 1. The number of rotatable bonds is 9. The normalized spacial score (nSPS) is 10.6. The first-order chi connectivity index (χ1) is 13.1. The largest absolute Gasteiger partial charge is 0.496 e. The molecule has 0 aliphatic rings. The summed E-state index contributed by atoms with van der Waals surface area (Å²) in [5, 5.41) is 2.76. The zero-order valence-corrected chi connectivity index (χ0v) is 15.7. The summed E-state index contributed by atoms with van der Waals surface area (Å²) in [6, 6.07) is 14.1. The maximum Gasteiger partial charge on any atom is 0.338 e. The van der Waals surface area contributed by atoms with Gasteiger partial charge >= 0.3 is 5.97 Å². The van der Waals surface area contributed by atoms with Crippen LogP contribution < -0.4 is 10.1 Å². The maximum absolute atomic E-state index is 12.1. The second-order valence-electron chi connectivity index (χ2n) is 5.98. The van der Waals surface area contributed by atoms with Crippen molar-refractivity contribution in [2.75, 3.05) is 19.0 Å². The molecule has 0 radical (unpaired) electrons. The molecular weight excluding hydrogens is 342 g/mol. The van der Waals surface area contributed by atoms with E-state index in [1.54, 1.807) is 37.5 Å². The lowest BCUT2D eigenvalue weighted by Gasteiger charge is -2.06. The molecule has 1 N–H and O–H groups in total. The molecule has 0 bridgehead atoms. The number of hydrogen-bond donors (Lipinski definition) is 1. The van der Waals surface area contributed by atoms with Gasteiger partial charge in [-0.2, -0.15) is 0 Å². The summed E-state index contributed by atoms with van der Waals surface area (Å²) >= 11 is 0. The van der Waals surface area contributed by atoms with E-state index in [2.05, 4.69) is 12.2 Å². The lowest BCUT2D eigenvalue weighted by atomic mass is 10.2. The van der Waals surface area contributed by atoms with E-state index in [0.717, 1.165) is 24.8 Å². The number of hydrogen-bond acceptors (Lipinski definition) is 4. The molecule has 1 amide bonds. The Morgan fingerprint density at radius 1 is 1.04 bits per heavy atom. The summed E-state index contributed by atoms with van der Waals surface area (Å²) < 4.78 is 10.5. The molecule has 2 rings (SSSR count). The predicted octanol–water partition coefficient (Wildman–Crippen LogP) is 4.69. The fourth-order valence-electron chi connectivity index (χ4n) is 2.44. The number of anilines is 1. The van der Waals surface area contributed by atoms with Gasteiger partial charge < -0.3 is 14.8 Å². The molecule has 5 nitrogen and oxygen atoms in total. The van der Waals surface area contributed by atoms with Crippen LogP contribution in [0.25, 0.3) is 6.08 Å². The van der Waals surface area contributed by atoms with Gasteiger partial charge in [-0.25, -0.2) is 4.79 Å². The number of nitrogens with one attached hydrogen (secondary N) is 1. The molecule has 0 heterocycles. The third-order valence-electron chi connectivity index (χ3n) is 3.92. The summed E-state index contributed by atoms with van der Waals surface area (Å²) in [6.45, 7) is 2.53. The van der Waals surface area contributed by atoms with Gasteiger partial charge in [0.1, 0.15) is 5.75 Å². The smallest absolute Gasteiger partial charge is 0.338 e. The summed E-state index contributed by atoms with van der Waals surface area (Å²) in [6.07, 6.45) is 6.12. The Hall–Kier alpha value is -3.08. The third kappa shape index (κ3) is 6.62. The molecule has 0 fully saturated rings. The van der Waals surface area contributed by atoms with E-state index in [1.165, 1.54) is 6.08 Å². The first-order valence-corrected chi connectivity index (χ1v) is 9.03. The van der Waals surface area contributed by atoms with Crippen LogP contribution in [0.4, 0.5) is 5.69 Å². The highest BCUT2D eigenvalue weighted by atomic mass is 16.5. The summed E-state index contributed by atoms with van der Waals surface area (Å²) in [7, 11) is 1.59. The quantitative estimate of drug-likeness (QED) is 0.397. The number of ether oxygens (including phenoxy) is 2. The fourth-order valence-corrected chi connectivity index (χ4v) is 2.44. The SMILES string of the molecule is CCCCCOC(=O)c1ccc(NC(=O)/C=C/c2ccccc2OC)cc1. The molecule has 0 aliphatic heterocycles. The maximum atomic E-state index is 12.1. The van der Waals surface area contributed by atoms with Crippen LogP contribution in [0.2, 0.25) is 0 Å². The first-order valence-electron chi connectivity index (χ1n) is 9.03. The van der Waals surface area contributed by atoms with Gasteiger partial charge in [-0.15, -0.1) is 0 Å². The zero-order valence-electron chi connectivity index (χ0n) is 15.7. The van der Waals surface area contributed by atoms with E-state index in [9.17, 15) is 9.59 Å². The van der Waals surface area contributed by atoms with Gasteiger partial charge in [-0.05, 0) is 42.8 Å². The van der Waals surface area contributed by atoms with Gasteiger partial charge in [0.15, 0.2) is 0 Å². The molecule has 0 saturated heterocycles. The van der Waals surface area contributed by atoms with Crippen molar-refractivity contribution in [2.45, 2.75) is 26.2 Å². The second kappa shape index (κ2) is 10.8. The highest BCUT2D eigenvalue weighted by Crippen LogP contribution is 2.18. The molecule has 5 heteroatoms. The minimum absolute atomic E-state index is 0.268. The predicted molar refractivity (Wildman–Crippen MR) is 107 cm³/mol. The van der Waals surface area contributed by atoms with Crippen LogP contribution in [-0.4, -0.2) is 25.6 Å². The first kappa shape index (κ1) is 20.2. The molecule has 0 aromatic heterocycles. The van der Waals surface area contributed by atoms with Crippen LogP contribution >= 0.6 is 0 Å². The van der Waals surface area contributed by atoms with Gasteiger partial charge in [0, 0.05) is 17.3 Å². The minimum Gasteiger partial charge on any atom is -0.496 e. The monoisotopic (exact) mass is 367 g/mol. The summed E-state index contributed by atoms with van der Waals surface area (Å²) in [5.41, 5.74) is 1.89. The molecule has 0 unspecified atom stereocenters. The van der Waals surface area contributed by atoms with E-state index in [1.807, 2.05) is 24.3 Å². The van der Waals surface area contributed by atoms with E-state index in [4.69, 9.17) is 9.47 Å². The van der Waals surface area contributed by atoms with Crippen molar-refractivity contribution >= 4 is 23.6 Å². The molecule has 0 saturated carbocycles. The minimum atomic E-state index is -0.347. The van der Waals surface area contributed by atoms with Crippen LogP contribution in [-0.2, 0) is 9.53 Å². The van der Waals surface area contributed by atoms with E-state index in [-0.39, 0.29) is 11.9 Å². The Kier molecular flexibility index (Phi) is 8.10. The molecule has 142 valence electrons. The van der Waals surface area contributed by atoms with E-state index in [0.29, 0.717) is 23.6 Å². The van der Waals surface area contributed by atoms with Crippen LogP contribution in [0, 0.1) is 0 Å². The van der Waals surface area contributed by atoms with Crippen LogP contribution in [0.3, 0.4) is 0 Å². The van der Waals surface area contributed by atoms with Crippen LogP contribution in [0.5, 0.6) is 5.75 Å². The standard InChI is InChI=1S/C22H25NO4/c1-3-4-7-16-27-22(25)18-10-13-19(14-11-18)23-21(24)15-12-17-8-5-6-9-20(17)26-2/h5-6,8-15H,3-4,7,16H2,1-2H3,(H,23,24)/b15-12+. The lowest BCUT2D eigenvalue weighted by molar-refractivity contribution is -0.111. The molecular formula is C22H25NO4. The van der Waals surface area contributed by atoms with E-state index >= 15 is 0 Å². The Labute approximate surface area is 160 Å². The van der Waals surface area contributed by atoms with Crippen molar-refractivity contribution in [1.82, 2.24) is 0 Å². The van der Waals surface area contributed by atoms with Gasteiger partial charge in [0.05, 0.1) is 19.3 Å². The van der Waals surface area contributed by atoms with Crippen molar-refractivity contribution in [2.24, 2.45) is 0 Å². The van der Waals surface area contributed by atoms with Crippen molar-refractivity contribution in [1.29, 1.82) is 0 Å². The summed E-state index contributed by atoms with van der Waals surface area (Å²) in [5.74, 6) is 0.0826. The number of esters is 1. The average Bonchev–Trinajstić information content (AvgIpc) is 2.70. The van der Waals surface area contributed by atoms with Gasteiger partial charge in [0.2, 0.25) is 5.91 Å². The Balaban J connectivity index is 1.89. The lowest BCUT2D eigenvalue weighted by Crippen LogP contribution is -2.09. The molecule has 0 atom stereocenters. The number of carbonyl (C=O) groups excluding carboxylic acids is 2. The van der Waals surface area contributed by atoms with Crippen molar-refractivity contribution in [3.8, 4) is 5.75 Å². The topological polar surface area (TPSA) is 64.6 Å². The Morgan fingerprint density at radius 3 is 2.48 bits per heavy atom. The zero-order chi connectivity index (χ0) is 19.5. The molecule has 2 aromatic carbocycles. The number of benzene rings is 2. The number of para-hydroxylation sites is 1. The highest BCUT2D eigenvalue weighted by molar-refractivity contribution is 6.02. The van der Waals surface area contributed by atoms with Crippen molar-refractivity contribution in [3.05, 3.63) is 65.7 Å². The molecule has 2 aromatic rings. The summed E-state index contributed by atoms with van der Waals surface area (Å²) in [4.78, 5) is 24.0. The number of carbonyl (C=O) groups is 2. The van der Waals surface area contributed by atoms with E-state index < -0.39 is 0 Å². The van der Waals surface area contributed by atoms with Crippen LogP contribution in [0.1, 0.15) is 42.1 Å². The number of unbranched alkanes of at least 4 members (excludes halogenated alkanes) is 2. The van der Waals surface area contributed by atoms with Crippen LogP contribution in [0.15, 0.2) is 54.6 Å².